The molecule has 0 N–H and O–H groups in total. The highest BCUT2D eigenvalue weighted by Gasteiger charge is 2.30. The van der Waals surface area contributed by atoms with E-state index in [2.05, 4.69) is 20.0 Å². The number of amides is 1. The van der Waals surface area contributed by atoms with E-state index in [0.29, 0.717) is 11.3 Å². The van der Waals surface area contributed by atoms with Crippen LogP contribution in [0.5, 0.6) is 11.6 Å². The monoisotopic (exact) mass is 527 g/mol. The standard InChI is InChI=1S/C26H24F3N5O4/c1-33(21-10-5-19(6-11-21)4-2-3-16-34-17-15-30-32-34)25(35)37-24-18-36-23(31-24)14-9-20-7-12-22(13-8-20)38-26(27,28)29/h5-15,17-18H,2-4,16H2,1H3. The molecule has 198 valence electrons. The Bertz CT molecular complexity index is 1330. The van der Waals surface area contributed by atoms with Crippen LogP contribution in [0.1, 0.15) is 29.9 Å². The normalized spacial score (nSPS) is 11.6. The molecule has 38 heavy (non-hydrogen) atoms. The number of hydrogen-bond donors (Lipinski definition) is 0. The summed E-state index contributed by atoms with van der Waals surface area (Å²) in [5, 5.41) is 7.73. The van der Waals surface area contributed by atoms with Gasteiger partial charge in [0, 0.05) is 31.6 Å². The van der Waals surface area contributed by atoms with Crippen LogP contribution in [0.4, 0.5) is 23.7 Å². The number of carbonyl (C=O) groups is 1. The number of anilines is 1. The summed E-state index contributed by atoms with van der Waals surface area (Å²) in [7, 11) is 1.59. The second kappa shape index (κ2) is 12.1. The van der Waals surface area contributed by atoms with Gasteiger partial charge >= 0.3 is 12.5 Å². The first-order chi connectivity index (χ1) is 18.2. The van der Waals surface area contributed by atoms with Gasteiger partial charge in [-0.05, 0) is 60.7 Å². The highest BCUT2D eigenvalue weighted by molar-refractivity contribution is 5.88. The first-order valence-electron chi connectivity index (χ1n) is 11.6. The Labute approximate surface area is 216 Å². The summed E-state index contributed by atoms with van der Waals surface area (Å²) in [6.45, 7) is 0.820. The lowest BCUT2D eigenvalue weighted by molar-refractivity contribution is -0.274. The second-order valence-electron chi connectivity index (χ2n) is 8.19. The molecule has 2 aromatic heterocycles. The van der Waals surface area contributed by atoms with Gasteiger partial charge in [-0.2, -0.15) is 4.98 Å². The third kappa shape index (κ3) is 7.95. The summed E-state index contributed by atoms with van der Waals surface area (Å²) in [5.41, 5.74) is 2.40. The Morgan fingerprint density at radius 2 is 1.84 bits per heavy atom. The van der Waals surface area contributed by atoms with Crippen molar-refractivity contribution in [3.05, 3.63) is 84.2 Å². The van der Waals surface area contributed by atoms with Crippen LogP contribution >= 0.6 is 0 Å². The molecular weight excluding hydrogens is 503 g/mol. The smallest absolute Gasteiger partial charge is 0.441 e. The number of halogens is 3. The van der Waals surface area contributed by atoms with Crippen molar-refractivity contribution in [2.45, 2.75) is 32.2 Å². The largest absolute Gasteiger partial charge is 0.573 e. The topological polar surface area (TPSA) is 95.5 Å². The molecule has 0 spiro atoms. The number of rotatable bonds is 10. The Hall–Kier alpha value is -4.61. The van der Waals surface area contributed by atoms with Gasteiger partial charge < -0.3 is 13.9 Å². The molecule has 4 rings (SSSR count). The highest BCUT2D eigenvalue weighted by Crippen LogP contribution is 2.23. The van der Waals surface area contributed by atoms with Crippen LogP contribution in [-0.4, -0.2) is 39.5 Å². The third-order valence-corrected chi connectivity index (χ3v) is 5.40. The molecule has 0 aliphatic heterocycles. The molecule has 0 aliphatic carbocycles. The van der Waals surface area contributed by atoms with E-state index in [1.54, 1.807) is 24.0 Å². The van der Waals surface area contributed by atoms with Crippen LogP contribution in [-0.2, 0) is 13.0 Å². The van der Waals surface area contributed by atoms with Gasteiger partial charge in [0.1, 0.15) is 5.75 Å². The molecule has 0 aliphatic rings. The van der Waals surface area contributed by atoms with E-state index in [9.17, 15) is 18.0 Å². The van der Waals surface area contributed by atoms with E-state index in [0.717, 1.165) is 31.4 Å². The quantitative estimate of drug-likeness (QED) is 0.234. The molecule has 2 heterocycles. The number of nitrogens with zero attached hydrogens (tertiary/aromatic N) is 5. The van der Waals surface area contributed by atoms with E-state index in [1.807, 2.05) is 30.5 Å². The van der Waals surface area contributed by atoms with Gasteiger partial charge in [-0.3, -0.25) is 9.58 Å². The molecule has 9 nitrogen and oxygen atoms in total. The number of carbonyl (C=O) groups excluding carboxylic acids is 1. The van der Waals surface area contributed by atoms with Gasteiger partial charge in [-0.1, -0.05) is 29.5 Å². The van der Waals surface area contributed by atoms with Crippen molar-refractivity contribution >= 4 is 23.9 Å². The van der Waals surface area contributed by atoms with Crippen molar-refractivity contribution in [2.75, 3.05) is 11.9 Å². The van der Waals surface area contributed by atoms with Gasteiger partial charge in [0.15, 0.2) is 6.26 Å². The SMILES string of the molecule is CN(C(=O)Oc1coc(C=Cc2ccc(OC(F)(F)F)cc2)n1)c1ccc(CCCCn2ccnn2)cc1. The summed E-state index contributed by atoms with van der Waals surface area (Å²) in [5.74, 6) is -0.197. The number of aryl methyl sites for hydroxylation is 2. The first kappa shape index (κ1) is 26.5. The van der Waals surface area contributed by atoms with Crippen LogP contribution in [0.25, 0.3) is 12.2 Å². The fraction of sp³-hybridized carbons (Fsp3) is 0.231. The number of benzene rings is 2. The summed E-state index contributed by atoms with van der Waals surface area (Å²) in [4.78, 5) is 18.0. The molecular formula is C26H24F3N5O4. The first-order valence-corrected chi connectivity index (χ1v) is 11.6. The van der Waals surface area contributed by atoms with Crippen molar-refractivity contribution < 1.29 is 31.9 Å². The maximum absolute atomic E-state index is 12.5. The number of aromatic nitrogens is 4. The Morgan fingerprint density at radius 1 is 1.08 bits per heavy atom. The van der Waals surface area contributed by atoms with Crippen molar-refractivity contribution in [2.24, 2.45) is 0 Å². The van der Waals surface area contributed by atoms with Gasteiger partial charge in [0.2, 0.25) is 5.89 Å². The minimum absolute atomic E-state index is 0.0283. The van der Waals surface area contributed by atoms with Crippen LogP contribution < -0.4 is 14.4 Å². The maximum atomic E-state index is 12.5. The summed E-state index contributed by atoms with van der Waals surface area (Å²) >= 11 is 0. The van der Waals surface area contributed by atoms with Crippen LogP contribution in [0.2, 0.25) is 0 Å². The Morgan fingerprint density at radius 3 is 2.53 bits per heavy atom. The van der Waals surface area contributed by atoms with Gasteiger partial charge in [-0.25, -0.2) is 4.79 Å². The number of ether oxygens (including phenoxy) is 2. The zero-order valence-electron chi connectivity index (χ0n) is 20.3. The summed E-state index contributed by atoms with van der Waals surface area (Å²) < 4.78 is 53.0. The van der Waals surface area contributed by atoms with E-state index in [-0.39, 0.29) is 17.5 Å². The zero-order valence-corrected chi connectivity index (χ0v) is 20.3. The minimum Gasteiger partial charge on any atom is -0.441 e. The fourth-order valence-corrected chi connectivity index (χ4v) is 3.45. The maximum Gasteiger partial charge on any atom is 0.573 e. The molecule has 0 bridgehead atoms. The number of unbranched alkanes of at least 4 members (excludes halogenated alkanes) is 1. The van der Waals surface area contributed by atoms with E-state index >= 15 is 0 Å². The summed E-state index contributed by atoms with van der Waals surface area (Å²) in [6, 6.07) is 12.9. The van der Waals surface area contributed by atoms with E-state index in [4.69, 9.17) is 9.15 Å². The molecule has 0 fully saturated rings. The van der Waals surface area contributed by atoms with E-state index < -0.39 is 12.5 Å². The second-order valence-corrected chi connectivity index (χ2v) is 8.19. The summed E-state index contributed by atoms with van der Waals surface area (Å²) in [6.07, 6.45) is 5.25. The highest BCUT2D eigenvalue weighted by atomic mass is 19.4. The van der Waals surface area contributed by atoms with Crippen LogP contribution in [0.15, 0.2) is 71.6 Å². The molecule has 0 saturated heterocycles. The third-order valence-electron chi connectivity index (χ3n) is 5.40. The van der Waals surface area contributed by atoms with Crippen molar-refractivity contribution in [1.82, 2.24) is 20.0 Å². The van der Waals surface area contributed by atoms with Crippen molar-refractivity contribution in [1.29, 1.82) is 0 Å². The number of hydrogen-bond acceptors (Lipinski definition) is 7. The molecule has 1 amide bonds. The van der Waals surface area contributed by atoms with Crippen molar-refractivity contribution in [3.8, 4) is 11.6 Å². The van der Waals surface area contributed by atoms with Crippen LogP contribution in [0.3, 0.4) is 0 Å². The molecule has 0 radical (unpaired) electrons. The lowest BCUT2D eigenvalue weighted by Crippen LogP contribution is -2.29. The average molecular weight is 528 g/mol. The zero-order chi connectivity index (χ0) is 27.0. The van der Waals surface area contributed by atoms with Gasteiger partial charge in [0.25, 0.3) is 5.88 Å². The van der Waals surface area contributed by atoms with Gasteiger partial charge in [0.05, 0.1) is 6.20 Å². The molecule has 0 unspecified atom stereocenters. The minimum atomic E-state index is -4.75. The molecule has 2 aromatic carbocycles. The molecule has 4 aromatic rings. The van der Waals surface area contributed by atoms with Crippen molar-refractivity contribution in [3.63, 3.8) is 0 Å². The molecule has 0 atom stereocenters. The predicted octanol–water partition coefficient (Wildman–Crippen LogP) is 5.99. The number of alkyl halides is 3. The Kier molecular flexibility index (Phi) is 8.41. The average Bonchev–Trinajstić information content (AvgIpc) is 3.57. The molecule has 0 saturated carbocycles. The van der Waals surface area contributed by atoms with Crippen LogP contribution in [0, 0.1) is 0 Å². The molecule has 12 heteroatoms. The lowest BCUT2D eigenvalue weighted by Gasteiger charge is -2.16. The predicted molar refractivity (Wildman–Crippen MR) is 132 cm³/mol. The van der Waals surface area contributed by atoms with E-state index in [1.165, 1.54) is 41.5 Å². The Balaban J connectivity index is 1.24. The lowest BCUT2D eigenvalue weighted by atomic mass is 10.1. The number of oxazole rings is 1. The fourth-order valence-electron chi connectivity index (χ4n) is 3.45. The van der Waals surface area contributed by atoms with Gasteiger partial charge in [-0.15, -0.1) is 18.3 Å².